The van der Waals surface area contributed by atoms with E-state index in [-0.39, 0.29) is 12.5 Å². The zero-order chi connectivity index (χ0) is 11.4. The Labute approximate surface area is 97.6 Å². The number of hydrogen-bond donors (Lipinski definition) is 1. The van der Waals surface area contributed by atoms with Crippen LogP contribution in [0, 0.1) is 6.92 Å². The van der Waals surface area contributed by atoms with Gasteiger partial charge in [-0.3, -0.25) is 4.79 Å². The van der Waals surface area contributed by atoms with E-state index in [2.05, 4.69) is 20.9 Å². The molecule has 2 N–H and O–H groups in total. The highest BCUT2D eigenvalue weighted by molar-refractivity contribution is 9.10. The van der Waals surface area contributed by atoms with Gasteiger partial charge in [-0.1, -0.05) is 0 Å². The van der Waals surface area contributed by atoms with Crippen LogP contribution in [0.1, 0.15) is 12.5 Å². The van der Waals surface area contributed by atoms with Crippen molar-refractivity contribution >= 4 is 27.7 Å². The third-order valence-corrected chi connectivity index (χ3v) is 2.92. The van der Waals surface area contributed by atoms with E-state index in [9.17, 15) is 4.79 Å². The lowest BCUT2D eigenvalue weighted by atomic mass is 10.3. The summed E-state index contributed by atoms with van der Waals surface area (Å²) in [7, 11) is 0. The van der Waals surface area contributed by atoms with Crippen LogP contribution in [0.2, 0.25) is 0 Å². The fourth-order valence-electron chi connectivity index (χ4n) is 1.24. The van der Waals surface area contributed by atoms with Crippen molar-refractivity contribution in [1.82, 2.24) is 4.98 Å². The average molecular weight is 272 g/mol. The van der Waals surface area contributed by atoms with Gasteiger partial charge in [0.1, 0.15) is 5.82 Å². The number of nitrogens with two attached hydrogens (primary N) is 1. The van der Waals surface area contributed by atoms with Gasteiger partial charge >= 0.3 is 0 Å². The summed E-state index contributed by atoms with van der Waals surface area (Å²) in [5.41, 5.74) is 6.24. The van der Waals surface area contributed by atoms with Crippen LogP contribution in [-0.4, -0.2) is 24.0 Å². The Morgan fingerprint density at radius 2 is 2.33 bits per heavy atom. The second-order valence-corrected chi connectivity index (χ2v) is 4.13. The number of aromatic nitrogens is 1. The molecule has 0 bridgehead atoms. The summed E-state index contributed by atoms with van der Waals surface area (Å²) in [6.45, 7) is 4.84. The highest BCUT2D eigenvalue weighted by Gasteiger charge is 2.09. The van der Waals surface area contributed by atoms with E-state index in [0.717, 1.165) is 15.9 Å². The number of primary amides is 1. The second kappa shape index (κ2) is 5.11. The quantitative estimate of drug-likeness (QED) is 0.902. The van der Waals surface area contributed by atoms with Gasteiger partial charge in [0.05, 0.1) is 6.54 Å². The molecule has 1 rings (SSSR count). The maximum atomic E-state index is 10.8. The van der Waals surface area contributed by atoms with Crippen molar-refractivity contribution in [3.05, 3.63) is 22.3 Å². The predicted molar refractivity (Wildman–Crippen MR) is 63.8 cm³/mol. The Hall–Kier alpha value is -1.10. The summed E-state index contributed by atoms with van der Waals surface area (Å²) in [5, 5.41) is 0. The van der Waals surface area contributed by atoms with Crippen LogP contribution in [0.25, 0.3) is 0 Å². The lowest BCUT2D eigenvalue weighted by Gasteiger charge is -2.20. The van der Waals surface area contributed by atoms with Crippen LogP contribution in [0.4, 0.5) is 5.82 Å². The van der Waals surface area contributed by atoms with Gasteiger partial charge in [0.15, 0.2) is 0 Å². The first-order valence-electron chi connectivity index (χ1n) is 4.70. The van der Waals surface area contributed by atoms with Gasteiger partial charge < -0.3 is 10.6 Å². The third-order valence-electron chi connectivity index (χ3n) is 2.08. The molecule has 82 valence electrons. The Kier molecular flexibility index (Phi) is 4.08. The highest BCUT2D eigenvalue weighted by Crippen LogP contribution is 2.19. The topological polar surface area (TPSA) is 59.2 Å². The number of pyridine rings is 1. The molecule has 1 aromatic rings. The van der Waals surface area contributed by atoms with E-state index in [1.807, 2.05) is 24.8 Å². The smallest absolute Gasteiger partial charge is 0.236 e. The molecular formula is C10H14BrN3O. The zero-order valence-electron chi connectivity index (χ0n) is 8.83. The molecule has 1 heterocycles. The molecule has 4 nitrogen and oxygen atoms in total. The van der Waals surface area contributed by atoms with Gasteiger partial charge in [-0.05, 0) is 41.4 Å². The summed E-state index contributed by atoms with van der Waals surface area (Å²) in [4.78, 5) is 16.9. The molecule has 0 unspecified atom stereocenters. The number of carbonyl (C=O) groups is 1. The zero-order valence-corrected chi connectivity index (χ0v) is 10.4. The third kappa shape index (κ3) is 3.20. The number of rotatable bonds is 4. The standard InChI is InChI=1S/C10H14BrN3O/c1-3-14(6-9(12)15)10-4-7(2)8(11)5-13-10/h4-5H,3,6H2,1-2H3,(H2,12,15). The van der Waals surface area contributed by atoms with Gasteiger partial charge in [-0.15, -0.1) is 0 Å². The summed E-state index contributed by atoms with van der Waals surface area (Å²) >= 11 is 3.38. The van der Waals surface area contributed by atoms with E-state index in [1.54, 1.807) is 6.20 Å². The molecule has 0 spiro atoms. The van der Waals surface area contributed by atoms with Gasteiger partial charge in [-0.25, -0.2) is 4.98 Å². The Morgan fingerprint density at radius 3 is 2.80 bits per heavy atom. The maximum absolute atomic E-state index is 10.8. The van der Waals surface area contributed by atoms with Gasteiger partial charge in [0, 0.05) is 17.2 Å². The van der Waals surface area contributed by atoms with Crippen LogP contribution >= 0.6 is 15.9 Å². The van der Waals surface area contributed by atoms with Gasteiger partial charge in [0.25, 0.3) is 0 Å². The van der Waals surface area contributed by atoms with Crippen molar-refractivity contribution in [2.75, 3.05) is 18.0 Å². The van der Waals surface area contributed by atoms with Crippen molar-refractivity contribution in [2.45, 2.75) is 13.8 Å². The number of likely N-dealkylation sites (N-methyl/N-ethyl adjacent to an activating group) is 1. The molecule has 5 heteroatoms. The van der Waals surface area contributed by atoms with Crippen LogP contribution in [0.15, 0.2) is 16.7 Å². The van der Waals surface area contributed by atoms with Crippen LogP contribution < -0.4 is 10.6 Å². The van der Waals surface area contributed by atoms with E-state index in [1.165, 1.54) is 0 Å². The molecule has 0 saturated carbocycles. The molecule has 0 fully saturated rings. The fourth-order valence-corrected chi connectivity index (χ4v) is 1.46. The molecule has 0 aliphatic heterocycles. The van der Waals surface area contributed by atoms with Crippen LogP contribution in [-0.2, 0) is 4.79 Å². The Bertz CT molecular complexity index is 368. The molecule has 0 aromatic carbocycles. The lowest BCUT2D eigenvalue weighted by molar-refractivity contribution is -0.116. The predicted octanol–water partition coefficient (Wildman–Crippen LogP) is 1.46. The number of anilines is 1. The number of aryl methyl sites for hydroxylation is 1. The van der Waals surface area contributed by atoms with E-state index >= 15 is 0 Å². The number of hydrogen-bond acceptors (Lipinski definition) is 3. The Morgan fingerprint density at radius 1 is 1.67 bits per heavy atom. The molecule has 1 aromatic heterocycles. The summed E-state index contributed by atoms with van der Waals surface area (Å²) in [6.07, 6.45) is 1.73. The van der Waals surface area contributed by atoms with Crippen LogP contribution in [0.3, 0.4) is 0 Å². The van der Waals surface area contributed by atoms with E-state index in [0.29, 0.717) is 6.54 Å². The van der Waals surface area contributed by atoms with Crippen molar-refractivity contribution in [3.8, 4) is 0 Å². The number of halogens is 1. The molecule has 1 amide bonds. The first-order valence-corrected chi connectivity index (χ1v) is 5.49. The normalized spacial score (nSPS) is 10.1. The average Bonchev–Trinajstić information content (AvgIpc) is 2.18. The molecule has 15 heavy (non-hydrogen) atoms. The van der Waals surface area contributed by atoms with E-state index in [4.69, 9.17) is 5.73 Å². The largest absolute Gasteiger partial charge is 0.368 e. The minimum Gasteiger partial charge on any atom is -0.368 e. The van der Waals surface area contributed by atoms with Crippen LogP contribution in [0.5, 0.6) is 0 Å². The van der Waals surface area contributed by atoms with Gasteiger partial charge in [-0.2, -0.15) is 0 Å². The van der Waals surface area contributed by atoms with E-state index < -0.39 is 0 Å². The summed E-state index contributed by atoms with van der Waals surface area (Å²) < 4.78 is 0.960. The molecule has 0 saturated heterocycles. The monoisotopic (exact) mass is 271 g/mol. The SMILES string of the molecule is CCN(CC(N)=O)c1cc(C)c(Br)cn1. The second-order valence-electron chi connectivity index (χ2n) is 3.27. The fraction of sp³-hybridized carbons (Fsp3) is 0.400. The Balaban J connectivity index is 2.92. The number of carbonyl (C=O) groups excluding carboxylic acids is 1. The number of amides is 1. The minimum absolute atomic E-state index is 0.199. The molecule has 0 aliphatic carbocycles. The molecule has 0 aliphatic rings. The molecule has 0 atom stereocenters. The minimum atomic E-state index is -0.348. The molecule has 0 radical (unpaired) electrons. The lowest BCUT2D eigenvalue weighted by Crippen LogP contribution is -2.34. The summed E-state index contributed by atoms with van der Waals surface area (Å²) in [5.74, 6) is 0.427. The molecular weight excluding hydrogens is 258 g/mol. The van der Waals surface area contributed by atoms with Crippen molar-refractivity contribution in [1.29, 1.82) is 0 Å². The van der Waals surface area contributed by atoms with Gasteiger partial charge in [0.2, 0.25) is 5.91 Å². The van der Waals surface area contributed by atoms with Crippen molar-refractivity contribution < 1.29 is 4.79 Å². The first kappa shape index (κ1) is 12.0. The maximum Gasteiger partial charge on any atom is 0.236 e. The van der Waals surface area contributed by atoms with Crippen molar-refractivity contribution in [3.63, 3.8) is 0 Å². The summed E-state index contributed by atoms with van der Waals surface area (Å²) in [6, 6.07) is 1.93. The highest BCUT2D eigenvalue weighted by atomic mass is 79.9. The number of nitrogens with zero attached hydrogens (tertiary/aromatic N) is 2. The van der Waals surface area contributed by atoms with Crippen molar-refractivity contribution in [2.24, 2.45) is 5.73 Å². The first-order chi connectivity index (χ1) is 7.04.